The van der Waals surface area contributed by atoms with Crippen molar-refractivity contribution < 1.29 is 22.7 Å². The average Bonchev–Trinajstić information content (AvgIpc) is 3.02. The first-order valence-electron chi connectivity index (χ1n) is 10.5. The van der Waals surface area contributed by atoms with Crippen LogP contribution in [0.4, 0.5) is 13.2 Å². The molecule has 0 bridgehead atoms. The molecule has 0 radical (unpaired) electrons. The molecule has 4 rings (SSSR count). The van der Waals surface area contributed by atoms with Crippen LogP contribution in [-0.2, 0) is 11.2 Å². The van der Waals surface area contributed by atoms with Gasteiger partial charge in [-0.15, -0.1) is 0 Å². The van der Waals surface area contributed by atoms with Crippen LogP contribution in [0.25, 0.3) is 0 Å². The first kappa shape index (κ1) is 21.7. The quantitative estimate of drug-likeness (QED) is 0.653. The molecular weight excluding hydrogens is 405 g/mol. The number of halogens is 3. The van der Waals surface area contributed by atoms with E-state index in [0.717, 1.165) is 37.6 Å². The molecule has 7 heteroatoms. The summed E-state index contributed by atoms with van der Waals surface area (Å²) in [7, 11) is 3.44. The number of amides is 1. The van der Waals surface area contributed by atoms with Crippen LogP contribution in [0.5, 0.6) is 5.75 Å². The Bertz CT molecular complexity index is 942. The van der Waals surface area contributed by atoms with E-state index in [-0.39, 0.29) is 34.9 Å². The van der Waals surface area contributed by atoms with Crippen molar-refractivity contribution in [1.29, 1.82) is 0 Å². The molecule has 166 valence electrons. The Morgan fingerprint density at radius 2 is 1.81 bits per heavy atom. The van der Waals surface area contributed by atoms with E-state index in [0.29, 0.717) is 6.42 Å². The molecule has 1 amide bonds. The summed E-state index contributed by atoms with van der Waals surface area (Å²) in [6.45, 7) is 1.63. The highest BCUT2D eigenvalue weighted by atomic mass is 19.1. The number of methoxy groups -OCH3 is 1. The van der Waals surface area contributed by atoms with Gasteiger partial charge in [-0.05, 0) is 69.2 Å². The van der Waals surface area contributed by atoms with Crippen molar-refractivity contribution in [2.45, 2.75) is 38.0 Å². The molecule has 0 saturated carbocycles. The zero-order valence-corrected chi connectivity index (χ0v) is 17.8. The molecule has 2 fully saturated rings. The van der Waals surface area contributed by atoms with Gasteiger partial charge in [0, 0.05) is 29.5 Å². The number of carbonyl (C=O) groups excluding carboxylic acids is 1. The molecule has 31 heavy (non-hydrogen) atoms. The Morgan fingerprint density at radius 1 is 1.13 bits per heavy atom. The molecule has 4 nitrogen and oxygen atoms in total. The average molecular weight is 432 g/mol. The second-order valence-electron chi connectivity index (χ2n) is 8.71. The SMILES string of the molecule is COc1ccc(C(F)N2C(=O)CC3(CCN(C)CC3)C2Cc2ccc(F)cc2)c(F)c1. The van der Waals surface area contributed by atoms with Gasteiger partial charge >= 0.3 is 0 Å². The maximum Gasteiger partial charge on any atom is 0.226 e. The van der Waals surface area contributed by atoms with Crippen LogP contribution in [0.1, 0.15) is 36.7 Å². The molecule has 0 aliphatic carbocycles. The predicted octanol–water partition coefficient (Wildman–Crippen LogP) is 4.50. The number of nitrogens with zero attached hydrogens (tertiary/aromatic N) is 2. The van der Waals surface area contributed by atoms with E-state index < -0.39 is 18.2 Å². The number of alkyl halides is 1. The number of hydrogen-bond donors (Lipinski definition) is 0. The van der Waals surface area contributed by atoms with Crippen molar-refractivity contribution in [3.05, 3.63) is 65.2 Å². The summed E-state index contributed by atoms with van der Waals surface area (Å²) in [5.74, 6) is -1.11. The number of piperidine rings is 1. The lowest BCUT2D eigenvalue weighted by molar-refractivity contribution is -0.135. The molecule has 0 N–H and O–H groups in total. The van der Waals surface area contributed by atoms with Crippen LogP contribution in [-0.4, -0.2) is 49.0 Å². The lowest BCUT2D eigenvalue weighted by Gasteiger charge is -2.43. The fourth-order valence-electron chi connectivity index (χ4n) is 4.97. The third kappa shape index (κ3) is 4.15. The van der Waals surface area contributed by atoms with Gasteiger partial charge in [0.1, 0.15) is 17.4 Å². The van der Waals surface area contributed by atoms with Crippen molar-refractivity contribution in [1.82, 2.24) is 9.80 Å². The van der Waals surface area contributed by atoms with Gasteiger partial charge in [-0.25, -0.2) is 13.2 Å². The second kappa shape index (κ2) is 8.54. The van der Waals surface area contributed by atoms with E-state index in [1.165, 1.54) is 36.3 Å². The first-order chi connectivity index (χ1) is 14.8. The standard InChI is InChI=1S/C24H27F3N2O2/c1-28-11-9-24(10-12-28)15-22(30)29(21(24)13-16-3-5-17(25)6-4-16)23(27)19-8-7-18(31-2)14-20(19)26/h3-8,14,21,23H,9-13,15H2,1-2H3. The zero-order valence-electron chi connectivity index (χ0n) is 17.8. The Balaban J connectivity index is 1.70. The Hall–Kier alpha value is -2.54. The summed E-state index contributed by atoms with van der Waals surface area (Å²) >= 11 is 0. The lowest BCUT2D eigenvalue weighted by atomic mass is 9.70. The van der Waals surface area contributed by atoms with Crippen molar-refractivity contribution in [3.8, 4) is 5.75 Å². The van der Waals surface area contributed by atoms with Crippen molar-refractivity contribution >= 4 is 5.91 Å². The third-order valence-corrected chi connectivity index (χ3v) is 6.87. The third-order valence-electron chi connectivity index (χ3n) is 6.87. The molecule has 2 aromatic carbocycles. The maximum absolute atomic E-state index is 15.8. The molecule has 1 spiro atoms. The molecule has 2 atom stereocenters. The smallest absolute Gasteiger partial charge is 0.226 e. The second-order valence-corrected chi connectivity index (χ2v) is 8.71. The van der Waals surface area contributed by atoms with Crippen LogP contribution >= 0.6 is 0 Å². The highest BCUT2D eigenvalue weighted by Crippen LogP contribution is 2.50. The monoisotopic (exact) mass is 432 g/mol. The minimum Gasteiger partial charge on any atom is -0.497 e. The zero-order chi connectivity index (χ0) is 22.2. The van der Waals surface area contributed by atoms with Gasteiger partial charge in [-0.1, -0.05) is 12.1 Å². The summed E-state index contributed by atoms with van der Waals surface area (Å²) < 4.78 is 48.8. The fourth-order valence-corrected chi connectivity index (χ4v) is 4.97. The summed E-state index contributed by atoms with van der Waals surface area (Å²) in [5.41, 5.74) is 0.265. The van der Waals surface area contributed by atoms with Gasteiger partial charge in [0.05, 0.1) is 7.11 Å². The van der Waals surface area contributed by atoms with Gasteiger partial charge in [-0.3, -0.25) is 4.79 Å². The maximum atomic E-state index is 15.8. The largest absolute Gasteiger partial charge is 0.497 e. The Morgan fingerprint density at radius 3 is 2.42 bits per heavy atom. The van der Waals surface area contributed by atoms with E-state index in [1.807, 2.05) is 7.05 Å². The fraction of sp³-hybridized carbons (Fsp3) is 0.458. The van der Waals surface area contributed by atoms with Gasteiger partial charge in [0.15, 0.2) is 0 Å². The molecule has 2 heterocycles. The van der Waals surface area contributed by atoms with E-state index in [2.05, 4.69) is 4.90 Å². The van der Waals surface area contributed by atoms with Gasteiger partial charge in [0.2, 0.25) is 12.2 Å². The summed E-state index contributed by atoms with van der Waals surface area (Å²) in [6.07, 6.45) is 0.256. The van der Waals surface area contributed by atoms with E-state index >= 15 is 4.39 Å². The van der Waals surface area contributed by atoms with Crippen LogP contribution in [0, 0.1) is 17.0 Å². The molecule has 2 aliphatic rings. The van der Waals surface area contributed by atoms with E-state index in [9.17, 15) is 13.6 Å². The number of carbonyl (C=O) groups is 1. The van der Waals surface area contributed by atoms with Crippen molar-refractivity contribution in [2.75, 3.05) is 27.2 Å². The van der Waals surface area contributed by atoms with Gasteiger partial charge in [-0.2, -0.15) is 0 Å². The first-order valence-corrected chi connectivity index (χ1v) is 10.5. The lowest BCUT2D eigenvalue weighted by Crippen LogP contribution is -2.48. The topological polar surface area (TPSA) is 32.8 Å². The number of ether oxygens (including phenoxy) is 1. The molecule has 0 aromatic heterocycles. The Labute approximate surface area is 180 Å². The minimum atomic E-state index is -1.90. The van der Waals surface area contributed by atoms with Crippen molar-refractivity contribution in [3.63, 3.8) is 0 Å². The van der Waals surface area contributed by atoms with Crippen LogP contribution in [0.3, 0.4) is 0 Å². The van der Waals surface area contributed by atoms with E-state index in [1.54, 1.807) is 12.1 Å². The van der Waals surface area contributed by atoms with Gasteiger partial charge in [0.25, 0.3) is 0 Å². The number of rotatable bonds is 5. The highest BCUT2D eigenvalue weighted by molar-refractivity contribution is 5.81. The normalized spacial score (nSPS) is 22.2. The number of likely N-dealkylation sites (tertiary alicyclic amines) is 2. The van der Waals surface area contributed by atoms with Crippen LogP contribution in [0.15, 0.2) is 42.5 Å². The van der Waals surface area contributed by atoms with Gasteiger partial charge < -0.3 is 14.5 Å². The van der Waals surface area contributed by atoms with Crippen LogP contribution in [0.2, 0.25) is 0 Å². The van der Waals surface area contributed by atoms with Crippen LogP contribution < -0.4 is 4.74 Å². The molecular formula is C24H27F3N2O2. The molecule has 2 aromatic rings. The summed E-state index contributed by atoms with van der Waals surface area (Å²) in [4.78, 5) is 16.5. The minimum absolute atomic E-state index is 0.178. The van der Waals surface area contributed by atoms with Crippen molar-refractivity contribution in [2.24, 2.45) is 5.41 Å². The van der Waals surface area contributed by atoms with E-state index in [4.69, 9.17) is 4.74 Å². The predicted molar refractivity (Wildman–Crippen MR) is 111 cm³/mol. The molecule has 2 aliphatic heterocycles. The summed E-state index contributed by atoms with van der Waals surface area (Å²) in [6, 6.07) is 9.59. The summed E-state index contributed by atoms with van der Waals surface area (Å²) in [5, 5.41) is 0. The highest BCUT2D eigenvalue weighted by Gasteiger charge is 2.54. The Kier molecular flexibility index (Phi) is 5.97. The number of hydrogen-bond acceptors (Lipinski definition) is 3. The number of benzene rings is 2. The molecule has 2 unspecified atom stereocenters. The molecule has 2 saturated heterocycles.